The molecule has 0 N–H and O–H groups in total. The van der Waals surface area contributed by atoms with E-state index in [0.717, 1.165) is 17.3 Å². The quantitative estimate of drug-likeness (QED) is 0.761. The van der Waals surface area contributed by atoms with Gasteiger partial charge in [0.1, 0.15) is 0 Å². The molecule has 0 spiro atoms. The lowest BCUT2D eigenvalue weighted by atomic mass is 10.1. The third-order valence-corrected chi connectivity index (χ3v) is 5.36. The van der Waals surface area contributed by atoms with Crippen LogP contribution in [-0.2, 0) is 11.0 Å². The van der Waals surface area contributed by atoms with E-state index in [1.165, 1.54) is 17.4 Å². The Morgan fingerprint density at radius 3 is 2.56 bits per heavy atom. The Hall–Kier alpha value is -2.09. The number of nitrogens with zero attached hydrogens (tertiary/aromatic N) is 3. The molecule has 0 atom stereocenters. The van der Waals surface area contributed by atoms with Crippen molar-refractivity contribution in [2.75, 3.05) is 31.1 Å². The summed E-state index contributed by atoms with van der Waals surface area (Å²) in [5.74, 6) is 0.512. The van der Waals surface area contributed by atoms with Crippen LogP contribution in [0.25, 0.3) is 11.3 Å². The van der Waals surface area contributed by atoms with Crippen molar-refractivity contribution in [1.29, 1.82) is 0 Å². The number of halogens is 3. The van der Waals surface area contributed by atoms with E-state index in [2.05, 4.69) is 9.88 Å². The van der Waals surface area contributed by atoms with E-state index < -0.39 is 11.7 Å². The molecule has 1 aliphatic heterocycles. The van der Waals surface area contributed by atoms with Crippen molar-refractivity contribution in [3.05, 3.63) is 35.2 Å². The second-order valence-corrected chi connectivity index (χ2v) is 7.90. The zero-order chi connectivity index (χ0) is 19.6. The second kappa shape index (κ2) is 7.88. The van der Waals surface area contributed by atoms with Crippen LogP contribution in [0.4, 0.5) is 18.3 Å². The number of thiazole rings is 1. The fraction of sp³-hybridized carbons (Fsp3) is 0.474. The van der Waals surface area contributed by atoms with Crippen LogP contribution in [0.3, 0.4) is 0 Å². The van der Waals surface area contributed by atoms with Crippen LogP contribution in [0.1, 0.15) is 25.8 Å². The van der Waals surface area contributed by atoms with Crippen molar-refractivity contribution < 1.29 is 18.0 Å². The Balaban J connectivity index is 1.66. The van der Waals surface area contributed by atoms with Crippen LogP contribution in [0.5, 0.6) is 0 Å². The molecule has 0 radical (unpaired) electrons. The van der Waals surface area contributed by atoms with Crippen molar-refractivity contribution in [3.8, 4) is 11.3 Å². The molecular formula is C19H22F3N3OS. The van der Waals surface area contributed by atoms with Gasteiger partial charge in [-0.2, -0.15) is 13.2 Å². The first-order chi connectivity index (χ1) is 12.7. The lowest BCUT2D eigenvalue weighted by Gasteiger charge is -2.35. The number of amides is 1. The minimum atomic E-state index is -4.37. The van der Waals surface area contributed by atoms with Gasteiger partial charge >= 0.3 is 6.18 Å². The van der Waals surface area contributed by atoms with Crippen LogP contribution >= 0.6 is 11.3 Å². The molecule has 8 heteroatoms. The van der Waals surface area contributed by atoms with E-state index in [0.29, 0.717) is 49.8 Å². The zero-order valence-electron chi connectivity index (χ0n) is 15.3. The van der Waals surface area contributed by atoms with Crippen LogP contribution in [-0.4, -0.2) is 42.0 Å². The van der Waals surface area contributed by atoms with Gasteiger partial charge in [0.05, 0.1) is 11.3 Å². The van der Waals surface area contributed by atoms with Crippen molar-refractivity contribution >= 4 is 22.4 Å². The summed E-state index contributed by atoms with van der Waals surface area (Å²) in [6.07, 6.45) is -3.81. The molecule has 3 rings (SSSR count). The number of benzene rings is 1. The molecule has 0 unspecified atom stereocenters. The maximum atomic E-state index is 12.9. The molecule has 27 heavy (non-hydrogen) atoms. The van der Waals surface area contributed by atoms with Gasteiger partial charge in [-0.25, -0.2) is 4.98 Å². The highest BCUT2D eigenvalue weighted by Gasteiger charge is 2.30. The number of anilines is 1. The molecule has 4 nitrogen and oxygen atoms in total. The van der Waals surface area contributed by atoms with Gasteiger partial charge < -0.3 is 9.80 Å². The Morgan fingerprint density at radius 2 is 1.93 bits per heavy atom. The maximum absolute atomic E-state index is 12.9. The number of carbonyl (C=O) groups is 1. The molecule has 1 amide bonds. The van der Waals surface area contributed by atoms with E-state index in [4.69, 9.17) is 0 Å². The number of rotatable bonds is 4. The van der Waals surface area contributed by atoms with Gasteiger partial charge in [0.25, 0.3) is 0 Å². The normalized spacial score (nSPS) is 15.5. The molecule has 1 fully saturated rings. The Labute approximate surface area is 160 Å². The standard InChI is InChI=1S/C19H22F3N3OS/c1-13(2)10-17(26)24-6-8-25(9-7-24)18-23-16(12-27-18)14-4-3-5-15(11-14)19(20,21)22/h3-5,11-13H,6-10H2,1-2H3. The van der Waals surface area contributed by atoms with Gasteiger partial charge in [-0.3, -0.25) is 4.79 Å². The molecule has 0 aliphatic carbocycles. The number of aromatic nitrogens is 1. The number of hydrogen-bond donors (Lipinski definition) is 0. The lowest BCUT2D eigenvalue weighted by Crippen LogP contribution is -2.49. The van der Waals surface area contributed by atoms with E-state index in [1.54, 1.807) is 11.4 Å². The van der Waals surface area contributed by atoms with Crippen LogP contribution in [0.15, 0.2) is 29.6 Å². The van der Waals surface area contributed by atoms with Crippen molar-refractivity contribution in [2.45, 2.75) is 26.4 Å². The summed E-state index contributed by atoms with van der Waals surface area (Å²) in [5.41, 5.74) is 0.323. The summed E-state index contributed by atoms with van der Waals surface area (Å²) in [6.45, 7) is 6.70. The predicted molar refractivity (Wildman–Crippen MR) is 101 cm³/mol. The monoisotopic (exact) mass is 397 g/mol. The first-order valence-corrected chi connectivity index (χ1v) is 9.78. The average molecular weight is 397 g/mol. The first kappa shape index (κ1) is 19.7. The number of alkyl halides is 3. The molecule has 0 bridgehead atoms. The summed E-state index contributed by atoms with van der Waals surface area (Å²) in [7, 11) is 0. The molecule has 146 valence electrons. The summed E-state index contributed by atoms with van der Waals surface area (Å²) < 4.78 is 38.7. The molecule has 1 aromatic carbocycles. The highest BCUT2D eigenvalue weighted by molar-refractivity contribution is 7.14. The van der Waals surface area contributed by atoms with Crippen LogP contribution < -0.4 is 4.90 Å². The first-order valence-electron chi connectivity index (χ1n) is 8.90. The van der Waals surface area contributed by atoms with Gasteiger partial charge in [0.2, 0.25) is 5.91 Å². The topological polar surface area (TPSA) is 36.4 Å². The number of piperazine rings is 1. The van der Waals surface area contributed by atoms with Crippen molar-refractivity contribution in [2.24, 2.45) is 5.92 Å². The molecule has 2 aromatic rings. The second-order valence-electron chi connectivity index (χ2n) is 7.06. The zero-order valence-corrected chi connectivity index (χ0v) is 16.1. The van der Waals surface area contributed by atoms with Crippen LogP contribution in [0, 0.1) is 5.92 Å². The summed E-state index contributed by atoms with van der Waals surface area (Å²) in [6, 6.07) is 5.22. The Morgan fingerprint density at radius 1 is 1.22 bits per heavy atom. The molecular weight excluding hydrogens is 375 g/mol. The van der Waals surface area contributed by atoms with Crippen molar-refractivity contribution in [1.82, 2.24) is 9.88 Å². The third kappa shape index (κ3) is 4.80. The van der Waals surface area contributed by atoms with Gasteiger partial charge in [-0.05, 0) is 18.1 Å². The Kier molecular flexibility index (Phi) is 5.74. The van der Waals surface area contributed by atoms with E-state index in [1.807, 2.05) is 18.7 Å². The highest BCUT2D eigenvalue weighted by Crippen LogP contribution is 2.33. The van der Waals surface area contributed by atoms with E-state index >= 15 is 0 Å². The van der Waals surface area contributed by atoms with Crippen molar-refractivity contribution in [3.63, 3.8) is 0 Å². The minimum Gasteiger partial charge on any atom is -0.345 e. The predicted octanol–water partition coefficient (Wildman–Crippen LogP) is 4.52. The molecule has 2 heterocycles. The van der Waals surface area contributed by atoms with Gasteiger partial charge in [0.15, 0.2) is 5.13 Å². The van der Waals surface area contributed by atoms with Gasteiger partial charge in [-0.1, -0.05) is 26.0 Å². The van der Waals surface area contributed by atoms with Gasteiger partial charge in [-0.15, -0.1) is 11.3 Å². The smallest absolute Gasteiger partial charge is 0.345 e. The fourth-order valence-corrected chi connectivity index (χ4v) is 3.91. The van der Waals surface area contributed by atoms with Crippen LogP contribution in [0.2, 0.25) is 0 Å². The summed E-state index contributed by atoms with van der Waals surface area (Å²) in [4.78, 5) is 20.6. The number of hydrogen-bond acceptors (Lipinski definition) is 4. The van der Waals surface area contributed by atoms with E-state index in [-0.39, 0.29) is 5.91 Å². The third-order valence-electron chi connectivity index (χ3n) is 4.46. The lowest BCUT2D eigenvalue weighted by molar-refractivity contribution is -0.137. The minimum absolute atomic E-state index is 0.174. The summed E-state index contributed by atoms with van der Waals surface area (Å²) >= 11 is 1.41. The largest absolute Gasteiger partial charge is 0.416 e. The molecule has 1 saturated heterocycles. The highest BCUT2D eigenvalue weighted by atomic mass is 32.1. The van der Waals surface area contributed by atoms with E-state index in [9.17, 15) is 18.0 Å². The molecule has 1 aliphatic rings. The summed E-state index contributed by atoms with van der Waals surface area (Å²) in [5, 5.41) is 2.56. The SMILES string of the molecule is CC(C)CC(=O)N1CCN(c2nc(-c3cccc(C(F)(F)F)c3)cs2)CC1. The maximum Gasteiger partial charge on any atom is 0.416 e. The average Bonchev–Trinajstić information content (AvgIpc) is 3.11. The fourth-order valence-electron chi connectivity index (χ4n) is 3.02. The molecule has 0 saturated carbocycles. The number of carbonyl (C=O) groups excluding carboxylic acids is 1. The molecule has 1 aromatic heterocycles. The Bertz CT molecular complexity index is 795. The van der Waals surface area contributed by atoms with Gasteiger partial charge in [0, 0.05) is 43.5 Å².